The lowest BCUT2D eigenvalue weighted by Crippen LogP contribution is -1.94. The van der Waals surface area contributed by atoms with Gasteiger partial charge in [-0.25, -0.2) is 0 Å². The van der Waals surface area contributed by atoms with Gasteiger partial charge in [-0.05, 0) is 60.4 Å². The van der Waals surface area contributed by atoms with Crippen molar-refractivity contribution in [3.63, 3.8) is 0 Å². The first-order valence-corrected chi connectivity index (χ1v) is 6.39. The van der Waals surface area contributed by atoms with E-state index in [4.69, 9.17) is 9.47 Å². The summed E-state index contributed by atoms with van der Waals surface area (Å²) in [6.45, 7) is 4.04. The maximum atomic E-state index is 11.1. The minimum Gasteiger partial charge on any atom is -0.496 e. The second kappa shape index (κ2) is 5.78. The molecule has 2 aromatic rings. The highest BCUT2D eigenvalue weighted by molar-refractivity contribution is 5.83. The SMILES string of the molecule is COc1cc(C)c(-c2ccc(OC)c(C=O)c2)cc1C. The fourth-order valence-electron chi connectivity index (χ4n) is 2.31. The van der Waals surface area contributed by atoms with Gasteiger partial charge >= 0.3 is 0 Å². The fraction of sp³-hybridized carbons (Fsp3) is 0.235. The molecule has 20 heavy (non-hydrogen) atoms. The van der Waals surface area contributed by atoms with Crippen LogP contribution in [0.15, 0.2) is 30.3 Å². The lowest BCUT2D eigenvalue weighted by atomic mass is 9.96. The first-order chi connectivity index (χ1) is 9.60. The van der Waals surface area contributed by atoms with Crippen molar-refractivity contribution in [3.05, 3.63) is 47.0 Å². The third-order valence-corrected chi connectivity index (χ3v) is 3.41. The van der Waals surface area contributed by atoms with Gasteiger partial charge in [0.2, 0.25) is 0 Å². The molecule has 2 aromatic carbocycles. The number of carbonyl (C=O) groups excluding carboxylic acids is 1. The normalized spacial score (nSPS) is 10.2. The zero-order chi connectivity index (χ0) is 14.7. The van der Waals surface area contributed by atoms with Gasteiger partial charge in [0.1, 0.15) is 11.5 Å². The quantitative estimate of drug-likeness (QED) is 0.793. The molecule has 3 heteroatoms. The molecule has 3 nitrogen and oxygen atoms in total. The average molecular weight is 270 g/mol. The van der Waals surface area contributed by atoms with Gasteiger partial charge in [-0.3, -0.25) is 4.79 Å². The van der Waals surface area contributed by atoms with Crippen LogP contribution in [0.5, 0.6) is 11.5 Å². The van der Waals surface area contributed by atoms with E-state index in [0.29, 0.717) is 11.3 Å². The molecule has 104 valence electrons. The van der Waals surface area contributed by atoms with E-state index in [1.54, 1.807) is 14.2 Å². The smallest absolute Gasteiger partial charge is 0.153 e. The summed E-state index contributed by atoms with van der Waals surface area (Å²) in [7, 11) is 3.23. The van der Waals surface area contributed by atoms with Gasteiger partial charge < -0.3 is 9.47 Å². The summed E-state index contributed by atoms with van der Waals surface area (Å²) in [6.07, 6.45) is 0.814. The summed E-state index contributed by atoms with van der Waals surface area (Å²) in [5, 5.41) is 0. The molecule has 0 aliphatic heterocycles. The van der Waals surface area contributed by atoms with Crippen LogP contribution in [0, 0.1) is 13.8 Å². The molecule has 0 heterocycles. The Kier molecular flexibility index (Phi) is 4.08. The Labute approximate surface area is 119 Å². The van der Waals surface area contributed by atoms with E-state index in [1.165, 1.54) is 0 Å². The zero-order valence-corrected chi connectivity index (χ0v) is 12.2. The van der Waals surface area contributed by atoms with Crippen molar-refractivity contribution in [3.8, 4) is 22.6 Å². The average Bonchev–Trinajstić information content (AvgIpc) is 2.48. The summed E-state index contributed by atoms with van der Waals surface area (Å²) >= 11 is 0. The standard InChI is InChI=1S/C17H18O3/c1-11-8-17(20-4)12(2)7-15(11)13-5-6-16(19-3)14(9-13)10-18/h5-10H,1-4H3. The van der Waals surface area contributed by atoms with Crippen LogP contribution >= 0.6 is 0 Å². The second-order valence-electron chi connectivity index (χ2n) is 4.71. The number of aldehydes is 1. The summed E-state index contributed by atoms with van der Waals surface area (Å²) in [6, 6.07) is 9.71. The van der Waals surface area contributed by atoms with E-state index in [9.17, 15) is 4.79 Å². The summed E-state index contributed by atoms with van der Waals surface area (Å²) < 4.78 is 10.5. The number of ether oxygens (including phenoxy) is 2. The minimum atomic E-state index is 0.554. The molecule has 0 radical (unpaired) electrons. The molecule has 0 atom stereocenters. The van der Waals surface area contributed by atoms with Crippen LogP contribution in [0.2, 0.25) is 0 Å². The van der Waals surface area contributed by atoms with Crippen molar-refractivity contribution in [1.82, 2.24) is 0 Å². The largest absolute Gasteiger partial charge is 0.496 e. The number of rotatable bonds is 4. The van der Waals surface area contributed by atoms with E-state index in [2.05, 4.69) is 6.07 Å². The molecular formula is C17H18O3. The Morgan fingerprint density at radius 3 is 2.20 bits per heavy atom. The maximum Gasteiger partial charge on any atom is 0.153 e. The van der Waals surface area contributed by atoms with Gasteiger partial charge in [0.05, 0.1) is 19.8 Å². The molecule has 0 unspecified atom stereocenters. The highest BCUT2D eigenvalue weighted by Gasteiger charge is 2.10. The van der Waals surface area contributed by atoms with E-state index < -0.39 is 0 Å². The fourth-order valence-corrected chi connectivity index (χ4v) is 2.31. The lowest BCUT2D eigenvalue weighted by molar-refractivity contribution is 0.112. The molecule has 0 aliphatic carbocycles. The van der Waals surface area contributed by atoms with Crippen LogP contribution in [0.4, 0.5) is 0 Å². The van der Waals surface area contributed by atoms with E-state index >= 15 is 0 Å². The van der Waals surface area contributed by atoms with Crippen molar-refractivity contribution in [2.45, 2.75) is 13.8 Å². The van der Waals surface area contributed by atoms with Crippen molar-refractivity contribution >= 4 is 6.29 Å². The third kappa shape index (κ3) is 2.52. The lowest BCUT2D eigenvalue weighted by Gasteiger charge is -2.13. The number of hydrogen-bond acceptors (Lipinski definition) is 3. The number of hydrogen-bond donors (Lipinski definition) is 0. The Morgan fingerprint density at radius 1 is 0.900 bits per heavy atom. The van der Waals surface area contributed by atoms with Gasteiger partial charge in [-0.1, -0.05) is 6.07 Å². The van der Waals surface area contributed by atoms with Crippen molar-refractivity contribution < 1.29 is 14.3 Å². The highest BCUT2D eigenvalue weighted by atomic mass is 16.5. The van der Waals surface area contributed by atoms with Crippen LogP contribution in [-0.4, -0.2) is 20.5 Å². The number of aryl methyl sites for hydroxylation is 2. The molecule has 0 saturated heterocycles. The molecule has 0 amide bonds. The molecule has 2 rings (SSSR count). The van der Waals surface area contributed by atoms with Crippen molar-refractivity contribution in [2.24, 2.45) is 0 Å². The number of carbonyl (C=O) groups is 1. The summed E-state index contributed by atoms with van der Waals surface area (Å²) in [4.78, 5) is 11.1. The molecule has 0 N–H and O–H groups in total. The molecular weight excluding hydrogens is 252 g/mol. The molecule has 0 saturated carbocycles. The monoisotopic (exact) mass is 270 g/mol. The Hall–Kier alpha value is -2.29. The first kappa shape index (κ1) is 14.1. The van der Waals surface area contributed by atoms with Crippen molar-refractivity contribution in [2.75, 3.05) is 14.2 Å². The van der Waals surface area contributed by atoms with Crippen LogP contribution in [0.1, 0.15) is 21.5 Å². The van der Waals surface area contributed by atoms with Gasteiger partial charge in [0.15, 0.2) is 6.29 Å². The van der Waals surface area contributed by atoms with E-state index in [1.807, 2.05) is 38.1 Å². The maximum absolute atomic E-state index is 11.1. The van der Waals surface area contributed by atoms with Crippen LogP contribution in [0.25, 0.3) is 11.1 Å². The molecule has 0 aromatic heterocycles. The third-order valence-electron chi connectivity index (χ3n) is 3.41. The number of methoxy groups -OCH3 is 2. The Bertz CT molecular complexity index is 645. The minimum absolute atomic E-state index is 0.554. The molecule has 0 aliphatic rings. The van der Waals surface area contributed by atoms with Crippen LogP contribution in [-0.2, 0) is 0 Å². The predicted molar refractivity (Wildman–Crippen MR) is 79.8 cm³/mol. The van der Waals surface area contributed by atoms with Gasteiger partial charge in [-0.15, -0.1) is 0 Å². The highest BCUT2D eigenvalue weighted by Crippen LogP contribution is 2.32. The topological polar surface area (TPSA) is 35.5 Å². The molecule has 0 spiro atoms. The Morgan fingerprint density at radius 2 is 1.60 bits per heavy atom. The summed E-state index contributed by atoms with van der Waals surface area (Å²) in [5.74, 6) is 1.46. The Balaban J connectivity index is 2.57. The van der Waals surface area contributed by atoms with Gasteiger partial charge in [0.25, 0.3) is 0 Å². The van der Waals surface area contributed by atoms with Crippen LogP contribution in [0.3, 0.4) is 0 Å². The van der Waals surface area contributed by atoms with Crippen molar-refractivity contribution in [1.29, 1.82) is 0 Å². The molecule has 0 fully saturated rings. The van der Waals surface area contributed by atoms with E-state index in [-0.39, 0.29) is 0 Å². The number of benzene rings is 2. The van der Waals surface area contributed by atoms with Crippen LogP contribution < -0.4 is 9.47 Å². The van der Waals surface area contributed by atoms with E-state index in [0.717, 1.165) is 34.3 Å². The predicted octanol–water partition coefficient (Wildman–Crippen LogP) is 3.80. The summed E-state index contributed by atoms with van der Waals surface area (Å²) in [5.41, 5.74) is 4.81. The van der Waals surface area contributed by atoms with Gasteiger partial charge in [-0.2, -0.15) is 0 Å². The first-order valence-electron chi connectivity index (χ1n) is 6.39. The second-order valence-corrected chi connectivity index (χ2v) is 4.71. The van der Waals surface area contributed by atoms with Gasteiger partial charge in [0, 0.05) is 0 Å². The zero-order valence-electron chi connectivity index (χ0n) is 12.2. The molecule has 0 bridgehead atoms.